The van der Waals surface area contributed by atoms with Crippen LogP contribution in [0, 0.1) is 0 Å². The highest BCUT2D eigenvalue weighted by Crippen LogP contribution is 2.35. The molecule has 2 aromatic rings. The van der Waals surface area contributed by atoms with Crippen LogP contribution in [0.25, 0.3) is 0 Å². The number of allylic oxidation sites excluding steroid dienone is 1. The first-order chi connectivity index (χ1) is 11.2. The SMILES string of the molecule is CCOC(=O)C1=C(C)Nc2ncnn2[C@H]1c1ccc(SC)cc1. The first-order valence-corrected chi connectivity index (χ1v) is 8.56. The molecule has 1 aliphatic heterocycles. The summed E-state index contributed by atoms with van der Waals surface area (Å²) in [4.78, 5) is 17.8. The minimum absolute atomic E-state index is 0.331. The molecule has 1 aliphatic rings. The third kappa shape index (κ3) is 2.84. The molecular weight excluding hydrogens is 312 g/mol. The number of nitrogens with one attached hydrogen (secondary N) is 1. The van der Waals surface area contributed by atoms with Crippen molar-refractivity contribution in [2.24, 2.45) is 0 Å². The van der Waals surface area contributed by atoms with Gasteiger partial charge in [-0.25, -0.2) is 9.48 Å². The van der Waals surface area contributed by atoms with E-state index in [9.17, 15) is 4.79 Å². The number of carbonyl (C=O) groups excluding carboxylic acids is 1. The number of hydrogen-bond acceptors (Lipinski definition) is 6. The Kier molecular flexibility index (Phi) is 4.38. The van der Waals surface area contributed by atoms with E-state index in [1.807, 2.05) is 37.4 Å². The monoisotopic (exact) mass is 330 g/mol. The summed E-state index contributed by atoms with van der Waals surface area (Å²) in [7, 11) is 0. The number of hydrogen-bond donors (Lipinski definition) is 1. The van der Waals surface area contributed by atoms with Crippen LogP contribution in [0.2, 0.25) is 0 Å². The number of benzene rings is 1. The highest BCUT2D eigenvalue weighted by atomic mass is 32.2. The van der Waals surface area contributed by atoms with E-state index in [4.69, 9.17) is 4.74 Å². The van der Waals surface area contributed by atoms with Gasteiger partial charge in [-0.15, -0.1) is 11.8 Å². The second-order valence-electron chi connectivity index (χ2n) is 5.09. The number of aromatic nitrogens is 3. The zero-order valence-corrected chi connectivity index (χ0v) is 14.1. The third-order valence-electron chi connectivity index (χ3n) is 3.72. The van der Waals surface area contributed by atoms with Gasteiger partial charge in [0.05, 0.1) is 12.2 Å². The van der Waals surface area contributed by atoms with Gasteiger partial charge in [0.15, 0.2) is 0 Å². The molecule has 0 amide bonds. The first kappa shape index (κ1) is 15.6. The molecule has 1 atom stereocenters. The van der Waals surface area contributed by atoms with E-state index in [0.717, 1.165) is 11.3 Å². The lowest BCUT2D eigenvalue weighted by atomic mass is 9.96. The molecule has 0 saturated carbocycles. The molecule has 1 N–H and O–H groups in total. The van der Waals surface area contributed by atoms with E-state index in [1.165, 1.54) is 11.2 Å². The van der Waals surface area contributed by atoms with Gasteiger partial charge in [0.1, 0.15) is 12.4 Å². The number of ether oxygens (including phenoxy) is 1. The maximum Gasteiger partial charge on any atom is 0.338 e. The fraction of sp³-hybridized carbons (Fsp3) is 0.312. The summed E-state index contributed by atoms with van der Waals surface area (Å²) in [5, 5.41) is 7.40. The smallest absolute Gasteiger partial charge is 0.338 e. The zero-order chi connectivity index (χ0) is 16.4. The number of carbonyl (C=O) groups is 1. The summed E-state index contributed by atoms with van der Waals surface area (Å²) in [6.07, 6.45) is 3.51. The topological polar surface area (TPSA) is 69.0 Å². The Morgan fingerprint density at radius 1 is 1.39 bits per heavy atom. The third-order valence-corrected chi connectivity index (χ3v) is 4.46. The first-order valence-electron chi connectivity index (χ1n) is 7.34. The number of anilines is 1. The van der Waals surface area contributed by atoms with Crippen molar-refractivity contribution in [3.63, 3.8) is 0 Å². The summed E-state index contributed by atoms with van der Waals surface area (Å²) in [5.41, 5.74) is 2.27. The van der Waals surface area contributed by atoms with Gasteiger partial charge in [-0.1, -0.05) is 12.1 Å². The molecule has 0 unspecified atom stereocenters. The van der Waals surface area contributed by atoms with Crippen LogP contribution in [0.4, 0.5) is 5.95 Å². The highest BCUT2D eigenvalue weighted by molar-refractivity contribution is 7.98. The molecule has 2 heterocycles. The van der Waals surface area contributed by atoms with Crippen LogP contribution in [0.15, 0.2) is 46.8 Å². The average Bonchev–Trinajstić information content (AvgIpc) is 3.01. The summed E-state index contributed by atoms with van der Waals surface area (Å²) >= 11 is 1.68. The van der Waals surface area contributed by atoms with Gasteiger partial charge in [0.2, 0.25) is 5.95 Å². The van der Waals surface area contributed by atoms with Crippen LogP contribution in [0.5, 0.6) is 0 Å². The fourth-order valence-electron chi connectivity index (χ4n) is 2.66. The molecular formula is C16H18N4O2S. The Hall–Kier alpha value is -2.28. The number of nitrogens with zero attached hydrogens (tertiary/aromatic N) is 3. The largest absolute Gasteiger partial charge is 0.463 e. The molecule has 0 saturated heterocycles. The fourth-order valence-corrected chi connectivity index (χ4v) is 3.07. The van der Waals surface area contributed by atoms with Gasteiger partial charge < -0.3 is 10.1 Å². The molecule has 3 rings (SSSR count). The molecule has 0 spiro atoms. The van der Waals surface area contributed by atoms with Crippen molar-refractivity contribution in [1.29, 1.82) is 0 Å². The molecule has 6 nitrogen and oxygen atoms in total. The minimum Gasteiger partial charge on any atom is -0.463 e. The molecule has 120 valence electrons. The quantitative estimate of drug-likeness (QED) is 0.687. The van der Waals surface area contributed by atoms with E-state index in [0.29, 0.717) is 18.1 Å². The predicted octanol–water partition coefficient (Wildman–Crippen LogP) is 2.85. The summed E-state index contributed by atoms with van der Waals surface area (Å²) in [6.45, 7) is 3.98. The van der Waals surface area contributed by atoms with Gasteiger partial charge in [-0.3, -0.25) is 0 Å². The molecule has 0 aliphatic carbocycles. The second-order valence-corrected chi connectivity index (χ2v) is 5.97. The molecule has 0 radical (unpaired) electrons. The average molecular weight is 330 g/mol. The van der Waals surface area contributed by atoms with Crippen LogP contribution in [0.1, 0.15) is 25.5 Å². The van der Waals surface area contributed by atoms with E-state index >= 15 is 0 Å². The highest BCUT2D eigenvalue weighted by Gasteiger charge is 2.34. The lowest BCUT2D eigenvalue weighted by Crippen LogP contribution is -2.29. The predicted molar refractivity (Wildman–Crippen MR) is 89.3 cm³/mol. The van der Waals surface area contributed by atoms with Crippen molar-refractivity contribution in [3.8, 4) is 0 Å². The van der Waals surface area contributed by atoms with Crippen LogP contribution in [0.3, 0.4) is 0 Å². The molecule has 23 heavy (non-hydrogen) atoms. The Morgan fingerprint density at radius 3 is 2.78 bits per heavy atom. The Balaban J connectivity index is 2.10. The molecule has 0 fully saturated rings. The normalized spacial score (nSPS) is 16.7. The van der Waals surface area contributed by atoms with Crippen molar-refractivity contribution < 1.29 is 9.53 Å². The van der Waals surface area contributed by atoms with Crippen LogP contribution >= 0.6 is 11.8 Å². The Bertz CT molecular complexity index is 752. The summed E-state index contributed by atoms with van der Waals surface area (Å²) in [6, 6.07) is 7.76. The van der Waals surface area contributed by atoms with Crippen molar-refractivity contribution >= 4 is 23.7 Å². The van der Waals surface area contributed by atoms with Gasteiger partial charge in [-0.05, 0) is 37.8 Å². The molecule has 1 aromatic heterocycles. The van der Waals surface area contributed by atoms with Crippen LogP contribution in [-0.4, -0.2) is 33.6 Å². The second kappa shape index (κ2) is 6.45. The van der Waals surface area contributed by atoms with Gasteiger partial charge >= 0.3 is 5.97 Å². The summed E-state index contributed by atoms with van der Waals surface area (Å²) < 4.78 is 6.95. The van der Waals surface area contributed by atoms with Gasteiger partial charge in [0.25, 0.3) is 0 Å². The Morgan fingerprint density at radius 2 is 2.13 bits per heavy atom. The number of fused-ring (bicyclic) bond motifs is 1. The van der Waals surface area contributed by atoms with Crippen LogP contribution in [-0.2, 0) is 9.53 Å². The molecule has 7 heteroatoms. The standard InChI is InChI=1S/C16H18N4O2S/c1-4-22-15(21)13-10(2)19-16-17-9-18-20(16)14(13)11-5-7-12(23-3)8-6-11/h5-9,14H,4H2,1-3H3,(H,17,18,19)/t14-/m0/s1. The van der Waals surface area contributed by atoms with E-state index < -0.39 is 0 Å². The lowest BCUT2D eigenvalue weighted by molar-refractivity contribution is -0.139. The Labute approximate surface area is 138 Å². The van der Waals surface area contributed by atoms with Crippen molar-refractivity contribution in [2.75, 3.05) is 18.2 Å². The number of rotatable bonds is 4. The lowest BCUT2D eigenvalue weighted by Gasteiger charge is -2.28. The van der Waals surface area contributed by atoms with Crippen molar-refractivity contribution in [1.82, 2.24) is 14.8 Å². The van der Waals surface area contributed by atoms with Crippen LogP contribution < -0.4 is 5.32 Å². The van der Waals surface area contributed by atoms with Crippen molar-refractivity contribution in [3.05, 3.63) is 47.4 Å². The van der Waals surface area contributed by atoms with Gasteiger partial charge in [-0.2, -0.15) is 10.1 Å². The number of thioether (sulfide) groups is 1. The molecule has 1 aromatic carbocycles. The van der Waals surface area contributed by atoms with E-state index in [1.54, 1.807) is 23.4 Å². The zero-order valence-electron chi connectivity index (χ0n) is 13.2. The maximum absolute atomic E-state index is 12.5. The van der Waals surface area contributed by atoms with E-state index in [-0.39, 0.29) is 12.0 Å². The van der Waals surface area contributed by atoms with Gasteiger partial charge in [0, 0.05) is 10.6 Å². The maximum atomic E-state index is 12.5. The minimum atomic E-state index is -0.344. The number of esters is 1. The van der Waals surface area contributed by atoms with E-state index in [2.05, 4.69) is 15.4 Å². The van der Waals surface area contributed by atoms with Crippen molar-refractivity contribution in [2.45, 2.75) is 24.8 Å². The molecule has 0 bridgehead atoms. The summed E-state index contributed by atoms with van der Waals surface area (Å²) in [5.74, 6) is 0.284.